The van der Waals surface area contributed by atoms with Crippen molar-refractivity contribution in [3.05, 3.63) is 0 Å². The lowest BCUT2D eigenvalue weighted by molar-refractivity contribution is -0.150. The predicted molar refractivity (Wildman–Crippen MR) is 82.1 cm³/mol. The van der Waals surface area contributed by atoms with Gasteiger partial charge in [-0.2, -0.15) is 11.8 Å². The summed E-state index contributed by atoms with van der Waals surface area (Å²) in [5.74, 6) is -0.784. The van der Waals surface area contributed by atoms with Crippen molar-refractivity contribution in [3.63, 3.8) is 0 Å². The van der Waals surface area contributed by atoms with E-state index >= 15 is 0 Å². The van der Waals surface area contributed by atoms with E-state index in [0.717, 1.165) is 25.7 Å². The average molecular weight is 302 g/mol. The number of carbonyl (C=O) groups is 2. The number of hydrogen-bond donors (Lipinski definition) is 3. The van der Waals surface area contributed by atoms with Crippen LogP contribution in [0.25, 0.3) is 0 Å². The fraction of sp³-hybridized carbons (Fsp3) is 0.857. The zero-order valence-electron chi connectivity index (χ0n) is 12.4. The van der Waals surface area contributed by atoms with Gasteiger partial charge in [-0.25, -0.2) is 4.79 Å². The third-order valence-electron chi connectivity index (χ3n) is 4.09. The maximum Gasteiger partial charge on any atom is 0.314 e. The highest BCUT2D eigenvalue weighted by atomic mass is 32.2. The van der Waals surface area contributed by atoms with Gasteiger partial charge in [-0.05, 0) is 25.5 Å². The van der Waals surface area contributed by atoms with Crippen LogP contribution in [-0.2, 0) is 4.79 Å². The second-order valence-electron chi connectivity index (χ2n) is 5.59. The van der Waals surface area contributed by atoms with Crippen molar-refractivity contribution in [1.29, 1.82) is 0 Å². The molecule has 1 unspecified atom stereocenters. The number of urea groups is 1. The van der Waals surface area contributed by atoms with E-state index in [-0.39, 0.29) is 12.6 Å². The van der Waals surface area contributed by atoms with E-state index in [2.05, 4.69) is 17.6 Å². The molecule has 1 rings (SSSR count). The Bertz CT molecular complexity index is 330. The molecule has 0 radical (unpaired) electrons. The summed E-state index contributed by atoms with van der Waals surface area (Å²) in [4.78, 5) is 23.2. The van der Waals surface area contributed by atoms with E-state index in [1.165, 1.54) is 0 Å². The molecule has 0 saturated heterocycles. The summed E-state index contributed by atoms with van der Waals surface area (Å²) < 4.78 is 0. The van der Waals surface area contributed by atoms with Crippen LogP contribution in [0.15, 0.2) is 0 Å². The van der Waals surface area contributed by atoms with Gasteiger partial charge in [0.15, 0.2) is 0 Å². The van der Waals surface area contributed by atoms with Crippen LogP contribution in [0.1, 0.15) is 45.4 Å². The molecule has 20 heavy (non-hydrogen) atoms. The molecule has 2 amide bonds. The first kappa shape index (κ1) is 17.1. The molecule has 0 bridgehead atoms. The van der Waals surface area contributed by atoms with Gasteiger partial charge >= 0.3 is 12.0 Å². The second kappa shape index (κ2) is 8.39. The molecule has 6 heteroatoms. The predicted octanol–water partition coefficient (Wildman–Crippen LogP) is 2.46. The van der Waals surface area contributed by atoms with Gasteiger partial charge in [-0.1, -0.05) is 26.2 Å². The average Bonchev–Trinajstić information content (AvgIpc) is 2.45. The number of carbonyl (C=O) groups excluding carboxylic acids is 1. The summed E-state index contributed by atoms with van der Waals surface area (Å²) in [5.41, 5.74) is -0.762. The molecule has 5 nitrogen and oxygen atoms in total. The number of carboxylic acid groups (broad SMARTS) is 1. The molecule has 1 aliphatic carbocycles. The molecule has 0 heterocycles. The molecule has 0 aromatic carbocycles. The highest BCUT2D eigenvalue weighted by molar-refractivity contribution is 7.99. The number of rotatable bonds is 7. The molecule has 0 aromatic heterocycles. The van der Waals surface area contributed by atoms with Crippen molar-refractivity contribution < 1.29 is 14.7 Å². The van der Waals surface area contributed by atoms with Crippen LogP contribution in [0.4, 0.5) is 4.79 Å². The minimum absolute atomic E-state index is 0.228. The van der Waals surface area contributed by atoms with E-state index in [9.17, 15) is 14.7 Å². The summed E-state index contributed by atoms with van der Waals surface area (Å²) in [7, 11) is 0. The lowest BCUT2D eigenvalue weighted by Crippen LogP contribution is -2.47. The Labute approximate surface area is 125 Å². The largest absolute Gasteiger partial charge is 0.481 e. The Morgan fingerprint density at radius 3 is 2.45 bits per heavy atom. The van der Waals surface area contributed by atoms with Gasteiger partial charge in [-0.3, -0.25) is 4.79 Å². The molecule has 0 aliphatic heterocycles. The summed E-state index contributed by atoms with van der Waals surface area (Å²) in [6.45, 7) is 2.96. The summed E-state index contributed by atoms with van der Waals surface area (Å²) >= 11 is 1.77. The molecular formula is C14H26N2O3S. The van der Waals surface area contributed by atoms with Crippen LogP contribution < -0.4 is 10.6 Å². The SMILES string of the molecule is CSC(C)CCNC(=O)NCC1(C(=O)O)CCCCC1. The number of amides is 2. The van der Waals surface area contributed by atoms with Gasteiger partial charge < -0.3 is 15.7 Å². The Hall–Kier alpha value is -0.910. The van der Waals surface area contributed by atoms with E-state index in [1.807, 2.05) is 6.26 Å². The molecule has 1 saturated carbocycles. The Morgan fingerprint density at radius 1 is 1.25 bits per heavy atom. The van der Waals surface area contributed by atoms with Gasteiger partial charge in [0.05, 0.1) is 5.41 Å². The van der Waals surface area contributed by atoms with Gasteiger partial charge in [0.2, 0.25) is 0 Å². The fourth-order valence-corrected chi connectivity index (χ4v) is 2.87. The number of nitrogens with one attached hydrogen (secondary N) is 2. The molecule has 1 fully saturated rings. The van der Waals surface area contributed by atoms with E-state index < -0.39 is 11.4 Å². The van der Waals surface area contributed by atoms with Gasteiger partial charge in [0, 0.05) is 18.3 Å². The van der Waals surface area contributed by atoms with Crippen LogP contribution in [0.5, 0.6) is 0 Å². The monoisotopic (exact) mass is 302 g/mol. The third-order valence-corrected chi connectivity index (χ3v) is 5.13. The lowest BCUT2D eigenvalue weighted by atomic mass is 9.74. The minimum atomic E-state index is -0.784. The number of hydrogen-bond acceptors (Lipinski definition) is 3. The fourth-order valence-electron chi connectivity index (χ4n) is 2.51. The Morgan fingerprint density at radius 2 is 1.90 bits per heavy atom. The van der Waals surface area contributed by atoms with E-state index in [0.29, 0.717) is 24.6 Å². The lowest BCUT2D eigenvalue weighted by Gasteiger charge is -2.33. The zero-order chi connectivity index (χ0) is 15.0. The van der Waals surface area contributed by atoms with E-state index in [4.69, 9.17) is 0 Å². The van der Waals surface area contributed by atoms with Crippen molar-refractivity contribution in [2.45, 2.75) is 50.7 Å². The minimum Gasteiger partial charge on any atom is -0.481 e. The van der Waals surface area contributed by atoms with Gasteiger partial charge in [-0.15, -0.1) is 0 Å². The van der Waals surface area contributed by atoms with Crippen LogP contribution >= 0.6 is 11.8 Å². The van der Waals surface area contributed by atoms with Crippen LogP contribution in [0.2, 0.25) is 0 Å². The molecule has 0 aromatic rings. The summed E-state index contributed by atoms with van der Waals surface area (Å²) in [6.07, 6.45) is 7.23. The number of carboxylic acids is 1. The molecule has 0 spiro atoms. The third kappa shape index (κ3) is 5.23. The highest BCUT2D eigenvalue weighted by Gasteiger charge is 2.39. The molecule has 3 N–H and O–H groups in total. The molecule has 1 aliphatic rings. The normalized spacial score (nSPS) is 19.1. The maximum atomic E-state index is 11.7. The van der Waals surface area contributed by atoms with Crippen LogP contribution in [-0.4, -0.2) is 41.7 Å². The van der Waals surface area contributed by atoms with Crippen molar-refractivity contribution in [1.82, 2.24) is 10.6 Å². The first-order valence-electron chi connectivity index (χ1n) is 7.28. The second-order valence-corrected chi connectivity index (χ2v) is 6.87. The first-order valence-corrected chi connectivity index (χ1v) is 8.57. The molecule has 1 atom stereocenters. The molecular weight excluding hydrogens is 276 g/mol. The smallest absolute Gasteiger partial charge is 0.314 e. The Kier molecular flexibility index (Phi) is 7.19. The number of thioether (sulfide) groups is 1. The van der Waals surface area contributed by atoms with Crippen molar-refractivity contribution in [3.8, 4) is 0 Å². The zero-order valence-corrected chi connectivity index (χ0v) is 13.2. The highest BCUT2D eigenvalue weighted by Crippen LogP contribution is 2.35. The van der Waals surface area contributed by atoms with Crippen LogP contribution in [0.3, 0.4) is 0 Å². The number of aliphatic carboxylic acids is 1. The van der Waals surface area contributed by atoms with Crippen molar-refractivity contribution >= 4 is 23.8 Å². The van der Waals surface area contributed by atoms with E-state index in [1.54, 1.807) is 11.8 Å². The molecule has 116 valence electrons. The van der Waals surface area contributed by atoms with Crippen molar-refractivity contribution in [2.75, 3.05) is 19.3 Å². The van der Waals surface area contributed by atoms with Gasteiger partial charge in [0.25, 0.3) is 0 Å². The summed E-state index contributed by atoms with van der Waals surface area (Å²) in [5, 5.41) is 15.4. The maximum absolute atomic E-state index is 11.7. The first-order chi connectivity index (χ1) is 9.50. The Balaban J connectivity index is 2.32. The van der Waals surface area contributed by atoms with Crippen LogP contribution in [0, 0.1) is 5.41 Å². The quantitative estimate of drug-likeness (QED) is 0.675. The summed E-state index contributed by atoms with van der Waals surface area (Å²) in [6, 6.07) is -0.260. The standard InChI is InChI=1S/C14H26N2O3S/c1-11(20-2)6-9-15-13(19)16-10-14(12(17)18)7-4-3-5-8-14/h11H,3-10H2,1-2H3,(H,17,18)(H2,15,16,19). The van der Waals surface area contributed by atoms with Gasteiger partial charge in [0.1, 0.15) is 0 Å². The van der Waals surface area contributed by atoms with Crippen molar-refractivity contribution in [2.24, 2.45) is 5.41 Å². The topological polar surface area (TPSA) is 78.4 Å².